The van der Waals surface area contributed by atoms with Gasteiger partial charge >= 0.3 is 5.97 Å². The second-order valence-electron chi connectivity index (χ2n) is 3.72. The summed E-state index contributed by atoms with van der Waals surface area (Å²) in [5.41, 5.74) is -0.860. The van der Waals surface area contributed by atoms with Gasteiger partial charge in [0.15, 0.2) is 5.78 Å². The number of nitrogens with zero attached hydrogens (tertiary/aromatic N) is 1. The summed E-state index contributed by atoms with van der Waals surface area (Å²) >= 11 is 0. The second-order valence-corrected chi connectivity index (χ2v) is 3.72. The molecule has 0 aromatic heterocycles. The van der Waals surface area contributed by atoms with Gasteiger partial charge in [-0.3, -0.25) is 9.59 Å². The molecule has 0 atom stereocenters. The Labute approximate surface area is 83.5 Å². The van der Waals surface area contributed by atoms with E-state index in [4.69, 9.17) is 0 Å². The van der Waals surface area contributed by atoms with Crippen LogP contribution in [-0.4, -0.2) is 37.9 Å². The Morgan fingerprint density at radius 3 is 2.29 bits per heavy atom. The summed E-state index contributed by atoms with van der Waals surface area (Å²) in [5.74, 6) is -0.566. The molecule has 4 nitrogen and oxygen atoms in total. The van der Waals surface area contributed by atoms with E-state index in [2.05, 4.69) is 4.74 Å². The summed E-state index contributed by atoms with van der Waals surface area (Å²) in [4.78, 5) is 24.7. The number of allylic oxidation sites excluding steroid dienone is 1. The van der Waals surface area contributed by atoms with Gasteiger partial charge in [-0.1, -0.05) is 0 Å². The fourth-order valence-corrected chi connectivity index (χ4v) is 1.25. The molecule has 1 fully saturated rings. The third kappa shape index (κ3) is 1.95. The van der Waals surface area contributed by atoms with E-state index in [1.54, 1.807) is 11.1 Å². The topological polar surface area (TPSA) is 46.6 Å². The molecule has 0 aromatic rings. The lowest BCUT2D eigenvalue weighted by molar-refractivity contribution is -0.150. The molecule has 4 heteroatoms. The van der Waals surface area contributed by atoms with E-state index in [1.807, 2.05) is 14.1 Å². The van der Waals surface area contributed by atoms with Crippen molar-refractivity contribution in [3.05, 3.63) is 12.3 Å². The molecule has 0 saturated heterocycles. The van der Waals surface area contributed by atoms with Gasteiger partial charge in [0.25, 0.3) is 0 Å². The van der Waals surface area contributed by atoms with Crippen LogP contribution in [0.4, 0.5) is 0 Å². The van der Waals surface area contributed by atoms with Crippen LogP contribution in [-0.2, 0) is 14.3 Å². The Kier molecular flexibility index (Phi) is 2.93. The Balaban J connectivity index is 2.65. The molecule has 0 aromatic carbocycles. The number of rotatable bonds is 4. The molecule has 14 heavy (non-hydrogen) atoms. The second kappa shape index (κ2) is 3.82. The molecule has 1 aliphatic rings. The van der Waals surface area contributed by atoms with E-state index in [1.165, 1.54) is 13.2 Å². The lowest BCUT2D eigenvalue weighted by Gasteiger charge is -2.09. The highest BCUT2D eigenvalue weighted by Crippen LogP contribution is 2.47. The summed E-state index contributed by atoms with van der Waals surface area (Å²) in [7, 11) is 4.95. The van der Waals surface area contributed by atoms with Gasteiger partial charge in [-0.15, -0.1) is 0 Å². The smallest absolute Gasteiger partial charge is 0.319 e. The molecule has 0 heterocycles. The zero-order valence-corrected chi connectivity index (χ0v) is 8.74. The minimum Gasteiger partial charge on any atom is -0.468 e. The number of ether oxygens (including phenoxy) is 1. The molecule has 0 spiro atoms. The van der Waals surface area contributed by atoms with Gasteiger partial charge < -0.3 is 9.64 Å². The van der Waals surface area contributed by atoms with E-state index >= 15 is 0 Å². The monoisotopic (exact) mass is 197 g/mol. The first-order chi connectivity index (χ1) is 6.53. The molecule has 0 N–H and O–H groups in total. The van der Waals surface area contributed by atoms with Crippen LogP contribution in [0.5, 0.6) is 0 Å². The summed E-state index contributed by atoms with van der Waals surface area (Å²) in [6.07, 6.45) is 4.29. The third-order valence-electron chi connectivity index (χ3n) is 2.32. The molecule has 0 aliphatic heterocycles. The zero-order valence-electron chi connectivity index (χ0n) is 8.74. The average molecular weight is 197 g/mol. The standard InChI is InChI=1S/C10H15NO3/c1-11(2)7-4-8(12)10(5-6-10)9(13)14-3/h4,7H,5-6H2,1-3H3/b7-4+. The largest absolute Gasteiger partial charge is 0.468 e. The molecule has 1 saturated carbocycles. The highest BCUT2D eigenvalue weighted by molar-refractivity contribution is 6.11. The first-order valence-corrected chi connectivity index (χ1v) is 4.50. The van der Waals surface area contributed by atoms with E-state index in [0.717, 1.165) is 0 Å². The third-order valence-corrected chi connectivity index (χ3v) is 2.32. The average Bonchev–Trinajstić information content (AvgIpc) is 2.93. The number of hydrogen-bond acceptors (Lipinski definition) is 4. The maximum atomic E-state index is 11.6. The van der Waals surface area contributed by atoms with Crippen molar-refractivity contribution in [2.45, 2.75) is 12.8 Å². The summed E-state index contributed by atoms with van der Waals surface area (Å²) in [6, 6.07) is 0. The lowest BCUT2D eigenvalue weighted by atomic mass is 10.0. The van der Waals surface area contributed by atoms with Crippen LogP contribution >= 0.6 is 0 Å². The minimum absolute atomic E-state index is 0.155. The van der Waals surface area contributed by atoms with Gasteiger partial charge in [0.2, 0.25) is 0 Å². The Hall–Kier alpha value is -1.32. The van der Waals surface area contributed by atoms with Crippen LogP contribution in [0.3, 0.4) is 0 Å². The van der Waals surface area contributed by atoms with Crippen molar-refractivity contribution in [3.63, 3.8) is 0 Å². The first kappa shape index (κ1) is 10.8. The molecular formula is C10H15NO3. The summed E-state index contributed by atoms with van der Waals surface area (Å²) in [6.45, 7) is 0. The normalized spacial score (nSPS) is 17.9. The maximum absolute atomic E-state index is 11.6. The van der Waals surface area contributed by atoms with Gasteiger partial charge in [-0.05, 0) is 18.9 Å². The number of carbonyl (C=O) groups is 2. The number of methoxy groups -OCH3 is 1. The SMILES string of the molecule is COC(=O)C1(C(=O)/C=C/N(C)C)CC1. The van der Waals surface area contributed by atoms with E-state index in [0.29, 0.717) is 12.8 Å². The fourth-order valence-electron chi connectivity index (χ4n) is 1.25. The van der Waals surface area contributed by atoms with Crippen molar-refractivity contribution < 1.29 is 14.3 Å². The maximum Gasteiger partial charge on any atom is 0.319 e. The van der Waals surface area contributed by atoms with Crippen molar-refractivity contribution in [1.29, 1.82) is 0 Å². The van der Waals surface area contributed by atoms with Crippen molar-refractivity contribution in [2.24, 2.45) is 5.41 Å². The van der Waals surface area contributed by atoms with Gasteiger partial charge in [0.1, 0.15) is 5.41 Å². The highest BCUT2D eigenvalue weighted by atomic mass is 16.5. The molecule has 0 radical (unpaired) electrons. The number of hydrogen-bond donors (Lipinski definition) is 0. The lowest BCUT2D eigenvalue weighted by Crippen LogP contribution is -2.25. The van der Waals surface area contributed by atoms with Gasteiger partial charge in [0.05, 0.1) is 7.11 Å². The molecule has 0 bridgehead atoms. The number of esters is 1. The van der Waals surface area contributed by atoms with Gasteiger partial charge in [0, 0.05) is 20.3 Å². The van der Waals surface area contributed by atoms with Crippen LogP contribution in [0.2, 0.25) is 0 Å². The first-order valence-electron chi connectivity index (χ1n) is 4.50. The molecule has 1 rings (SSSR count). The Morgan fingerprint density at radius 2 is 1.93 bits per heavy atom. The Morgan fingerprint density at radius 1 is 1.36 bits per heavy atom. The van der Waals surface area contributed by atoms with Crippen molar-refractivity contribution in [1.82, 2.24) is 4.90 Å². The van der Waals surface area contributed by atoms with Crippen LogP contribution in [0, 0.1) is 5.41 Å². The Bertz CT molecular complexity index is 277. The number of ketones is 1. The molecule has 0 unspecified atom stereocenters. The van der Waals surface area contributed by atoms with Crippen molar-refractivity contribution >= 4 is 11.8 Å². The molecule has 78 valence electrons. The van der Waals surface area contributed by atoms with E-state index in [-0.39, 0.29) is 5.78 Å². The van der Waals surface area contributed by atoms with Gasteiger partial charge in [-0.25, -0.2) is 0 Å². The summed E-state index contributed by atoms with van der Waals surface area (Å²) < 4.78 is 4.60. The quantitative estimate of drug-likeness (QED) is 0.376. The van der Waals surface area contributed by atoms with Gasteiger partial charge in [-0.2, -0.15) is 0 Å². The zero-order chi connectivity index (χ0) is 10.8. The predicted octanol–water partition coefficient (Wildman–Crippen LogP) is 0.584. The number of carbonyl (C=O) groups excluding carboxylic acids is 2. The summed E-state index contributed by atoms with van der Waals surface area (Å²) in [5, 5.41) is 0. The van der Waals surface area contributed by atoms with Crippen LogP contribution in [0.1, 0.15) is 12.8 Å². The van der Waals surface area contributed by atoms with Crippen LogP contribution in [0.25, 0.3) is 0 Å². The van der Waals surface area contributed by atoms with E-state index in [9.17, 15) is 9.59 Å². The van der Waals surface area contributed by atoms with Crippen LogP contribution in [0.15, 0.2) is 12.3 Å². The van der Waals surface area contributed by atoms with Crippen LogP contribution < -0.4 is 0 Å². The molecule has 0 amide bonds. The predicted molar refractivity (Wildman–Crippen MR) is 51.5 cm³/mol. The molecular weight excluding hydrogens is 182 g/mol. The van der Waals surface area contributed by atoms with Crippen molar-refractivity contribution in [3.8, 4) is 0 Å². The van der Waals surface area contributed by atoms with Crippen molar-refractivity contribution in [2.75, 3.05) is 21.2 Å². The fraction of sp³-hybridized carbons (Fsp3) is 0.600. The van der Waals surface area contributed by atoms with E-state index < -0.39 is 11.4 Å². The highest BCUT2D eigenvalue weighted by Gasteiger charge is 2.56. The molecule has 1 aliphatic carbocycles. The minimum atomic E-state index is -0.860.